The maximum Gasteiger partial charge on any atom is 0.253 e. The van der Waals surface area contributed by atoms with E-state index in [1.165, 1.54) is 18.4 Å². The first kappa shape index (κ1) is 24.4. The minimum Gasteiger partial charge on any atom is -0.356 e. The lowest BCUT2D eigenvalue weighted by atomic mass is 10.1. The minimum absolute atomic E-state index is 0.0427. The summed E-state index contributed by atoms with van der Waals surface area (Å²) in [6.45, 7) is 3.55. The lowest BCUT2D eigenvalue weighted by Gasteiger charge is -2.23. The topological polar surface area (TPSA) is 81.1 Å². The van der Waals surface area contributed by atoms with E-state index in [2.05, 4.69) is 40.7 Å². The van der Waals surface area contributed by atoms with Crippen molar-refractivity contribution in [3.05, 3.63) is 83.3 Å². The highest BCUT2D eigenvalue weighted by molar-refractivity contribution is 6.00. The third-order valence-corrected chi connectivity index (χ3v) is 7.21. The number of para-hydroxylation sites is 1. The standard InChI is InChI=1S/C31H33N5O2/c1-21-15-16-32-23(18-21)12-14-28-25-13-11-24(19-29(25)36(35-28)30-8-4-5-17-38-30)34-27-7-3-2-6-26(27)31(37)33-20-22-9-10-22/h2-3,6-7,11-16,18-19,22,30,34H,4-5,8-10,17,20H2,1H3,(H,33,37)/b14-12+. The van der Waals surface area contributed by atoms with Gasteiger partial charge >= 0.3 is 0 Å². The first-order valence-electron chi connectivity index (χ1n) is 13.5. The summed E-state index contributed by atoms with van der Waals surface area (Å²) < 4.78 is 8.13. The molecule has 1 unspecified atom stereocenters. The van der Waals surface area contributed by atoms with Gasteiger partial charge in [0.1, 0.15) is 0 Å². The zero-order valence-corrected chi connectivity index (χ0v) is 21.7. The van der Waals surface area contributed by atoms with Crippen LogP contribution in [0.25, 0.3) is 23.1 Å². The van der Waals surface area contributed by atoms with Crippen molar-refractivity contribution in [3.8, 4) is 0 Å². The van der Waals surface area contributed by atoms with Gasteiger partial charge in [0.25, 0.3) is 5.91 Å². The number of pyridine rings is 1. The summed E-state index contributed by atoms with van der Waals surface area (Å²) in [5.41, 5.74) is 6.27. The third kappa shape index (κ3) is 5.48. The van der Waals surface area contributed by atoms with Crippen molar-refractivity contribution in [2.75, 3.05) is 18.5 Å². The Morgan fingerprint density at radius 1 is 1.08 bits per heavy atom. The number of benzene rings is 2. The molecule has 4 aromatic rings. The Hall–Kier alpha value is -3.97. The average molecular weight is 508 g/mol. The zero-order chi connectivity index (χ0) is 25.9. The van der Waals surface area contributed by atoms with E-state index in [1.54, 1.807) is 0 Å². The number of nitrogens with one attached hydrogen (secondary N) is 2. The molecule has 1 saturated heterocycles. The summed E-state index contributed by atoms with van der Waals surface area (Å²) in [6, 6.07) is 17.9. The molecule has 0 bridgehead atoms. The summed E-state index contributed by atoms with van der Waals surface area (Å²) in [7, 11) is 0. The molecule has 1 aliphatic carbocycles. The highest BCUT2D eigenvalue weighted by atomic mass is 16.5. The van der Waals surface area contributed by atoms with Crippen LogP contribution in [0, 0.1) is 12.8 Å². The normalized spacial score (nSPS) is 17.7. The Kier molecular flexibility index (Phi) is 6.92. The second kappa shape index (κ2) is 10.8. The van der Waals surface area contributed by atoms with Gasteiger partial charge in [-0.1, -0.05) is 12.1 Å². The second-order valence-electron chi connectivity index (χ2n) is 10.3. The highest BCUT2D eigenvalue weighted by Crippen LogP contribution is 2.32. The Bertz CT molecular complexity index is 1480. The number of aromatic nitrogens is 3. The number of fused-ring (bicyclic) bond motifs is 1. The average Bonchev–Trinajstić information content (AvgIpc) is 3.71. The number of hydrogen-bond acceptors (Lipinski definition) is 5. The molecule has 2 aromatic carbocycles. The van der Waals surface area contributed by atoms with Crippen LogP contribution < -0.4 is 10.6 Å². The van der Waals surface area contributed by atoms with Gasteiger partial charge in [0.05, 0.1) is 28.2 Å². The summed E-state index contributed by atoms with van der Waals surface area (Å²) in [6.07, 6.45) is 11.3. The van der Waals surface area contributed by atoms with Gasteiger partial charge in [0.2, 0.25) is 0 Å². The van der Waals surface area contributed by atoms with E-state index in [1.807, 2.05) is 59.4 Å². The van der Waals surface area contributed by atoms with Gasteiger partial charge in [-0.2, -0.15) is 5.10 Å². The Morgan fingerprint density at radius 3 is 2.79 bits per heavy atom. The molecular formula is C31H33N5O2. The van der Waals surface area contributed by atoms with E-state index < -0.39 is 0 Å². The largest absolute Gasteiger partial charge is 0.356 e. The fraction of sp³-hybridized carbons (Fsp3) is 0.323. The number of hydrogen-bond donors (Lipinski definition) is 2. The van der Waals surface area contributed by atoms with Crippen molar-refractivity contribution in [2.24, 2.45) is 5.92 Å². The maximum atomic E-state index is 12.9. The van der Waals surface area contributed by atoms with Gasteiger partial charge in [-0.25, -0.2) is 4.68 Å². The minimum atomic E-state index is -0.0961. The van der Waals surface area contributed by atoms with Crippen LogP contribution >= 0.6 is 0 Å². The smallest absolute Gasteiger partial charge is 0.253 e. The van der Waals surface area contributed by atoms with E-state index in [9.17, 15) is 4.79 Å². The van der Waals surface area contributed by atoms with Gasteiger partial charge < -0.3 is 15.4 Å². The zero-order valence-electron chi connectivity index (χ0n) is 21.7. The molecule has 1 atom stereocenters. The molecule has 194 valence electrons. The highest BCUT2D eigenvalue weighted by Gasteiger charge is 2.23. The molecule has 0 radical (unpaired) electrons. The fourth-order valence-corrected chi connectivity index (χ4v) is 4.91. The van der Waals surface area contributed by atoms with Crippen molar-refractivity contribution >= 4 is 40.3 Å². The summed E-state index contributed by atoms with van der Waals surface area (Å²) >= 11 is 0. The molecule has 3 heterocycles. The molecule has 0 spiro atoms. The monoisotopic (exact) mass is 507 g/mol. The molecule has 7 nitrogen and oxygen atoms in total. The number of nitrogens with zero attached hydrogens (tertiary/aromatic N) is 3. The van der Waals surface area contributed by atoms with Gasteiger partial charge in [-0.3, -0.25) is 9.78 Å². The van der Waals surface area contributed by atoms with Crippen LogP contribution in [0.1, 0.15) is 65.6 Å². The molecule has 1 amide bonds. The Balaban J connectivity index is 1.32. The predicted molar refractivity (Wildman–Crippen MR) is 151 cm³/mol. The van der Waals surface area contributed by atoms with Gasteiger partial charge in [-0.15, -0.1) is 0 Å². The number of rotatable bonds is 8. The number of aryl methyl sites for hydroxylation is 1. The van der Waals surface area contributed by atoms with Gasteiger partial charge in [-0.05, 0) is 105 Å². The van der Waals surface area contributed by atoms with Crippen LogP contribution in [-0.4, -0.2) is 33.8 Å². The SMILES string of the molecule is Cc1ccnc(/C=C/c2nn(C3CCCCO3)c3cc(Nc4ccccc4C(=O)NCC4CC4)ccc23)c1. The Labute approximate surface area is 222 Å². The van der Waals surface area contributed by atoms with Crippen molar-refractivity contribution < 1.29 is 9.53 Å². The van der Waals surface area contributed by atoms with Crippen LogP contribution in [0.4, 0.5) is 11.4 Å². The predicted octanol–water partition coefficient (Wildman–Crippen LogP) is 6.49. The van der Waals surface area contributed by atoms with E-state index in [4.69, 9.17) is 9.84 Å². The first-order valence-corrected chi connectivity index (χ1v) is 13.5. The van der Waals surface area contributed by atoms with Crippen molar-refractivity contribution in [2.45, 2.75) is 45.3 Å². The summed E-state index contributed by atoms with van der Waals surface area (Å²) in [4.78, 5) is 17.3. The van der Waals surface area contributed by atoms with Gasteiger partial charge in [0.15, 0.2) is 6.23 Å². The molecule has 1 aliphatic heterocycles. The van der Waals surface area contributed by atoms with Crippen LogP contribution in [0.5, 0.6) is 0 Å². The van der Waals surface area contributed by atoms with Crippen LogP contribution in [0.3, 0.4) is 0 Å². The molecule has 38 heavy (non-hydrogen) atoms. The number of carbonyl (C=O) groups is 1. The molecule has 1 saturated carbocycles. The molecule has 2 aliphatic rings. The second-order valence-corrected chi connectivity index (χ2v) is 10.3. The van der Waals surface area contributed by atoms with Crippen molar-refractivity contribution in [3.63, 3.8) is 0 Å². The fourth-order valence-electron chi connectivity index (χ4n) is 4.91. The molecule has 2 aromatic heterocycles. The van der Waals surface area contributed by atoms with E-state index in [-0.39, 0.29) is 12.1 Å². The van der Waals surface area contributed by atoms with Gasteiger partial charge in [0, 0.05) is 30.4 Å². The first-order chi connectivity index (χ1) is 18.6. The lowest BCUT2D eigenvalue weighted by Crippen LogP contribution is -2.26. The van der Waals surface area contributed by atoms with Crippen LogP contribution in [-0.2, 0) is 4.74 Å². The number of ether oxygens (including phenoxy) is 1. The van der Waals surface area contributed by atoms with E-state index >= 15 is 0 Å². The lowest BCUT2D eigenvalue weighted by molar-refractivity contribution is -0.0367. The maximum absolute atomic E-state index is 12.9. The number of carbonyl (C=O) groups excluding carboxylic acids is 1. The molecule has 2 N–H and O–H groups in total. The van der Waals surface area contributed by atoms with E-state index in [0.29, 0.717) is 11.5 Å². The quantitative estimate of drug-likeness (QED) is 0.285. The molecule has 2 fully saturated rings. The molecular weight excluding hydrogens is 474 g/mol. The summed E-state index contributed by atoms with van der Waals surface area (Å²) in [5.74, 6) is 0.590. The number of amides is 1. The number of anilines is 2. The van der Waals surface area contributed by atoms with Crippen molar-refractivity contribution in [1.82, 2.24) is 20.1 Å². The third-order valence-electron chi connectivity index (χ3n) is 7.21. The van der Waals surface area contributed by atoms with Crippen LogP contribution in [0.2, 0.25) is 0 Å². The van der Waals surface area contributed by atoms with E-state index in [0.717, 1.165) is 66.1 Å². The molecule has 7 heteroatoms. The summed E-state index contributed by atoms with van der Waals surface area (Å²) in [5, 5.41) is 12.6. The Morgan fingerprint density at radius 2 is 1.97 bits per heavy atom. The van der Waals surface area contributed by atoms with Crippen molar-refractivity contribution in [1.29, 1.82) is 0 Å². The molecule has 6 rings (SSSR count). The van der Waals surface area contributed by atoms with Crippen LogP contribution in [0.15, 0.2) is 60.8 Å².